The lowest BCUT2D eigenvalue weighted by Gasteiger charge is -2.08. The lowest BCUT2D eigenvalue weighted by molar-refractivity contribution is -0.130. The molecule has 1 aliphatic carbocycles. The van der Waals surface area contributed by atoms with Crippen LogP contribution in [-0.2, 0) is 14.3 Å². The standard InChI is InChI=1S/C10H18N2O3/c1-7(2)15-6-10(14)11-5-9(13)12-8-3-4-8/h7-8H,3-6H2,1-2H3,(H,11,14)(H,12,13). The minimum Gasteiger partial charge on any atom is -0.369 e. The number of hydrogen-bond donors (Lipinski definition) is 2. The zero-order valence-electron chi connectivity index (χ0n) is 9.21. The molecule has 5 nitrogen and oxygen atoms in total. The van der Waals surface area contributed by atoms with Gasteiger partial charge in [-0.1, -0.05) is 0 Å². The van der Waals surface area contributed by atoms with Crippen LogP contribution in [0.5, 0.6) is 0 Å². The Morgan fingerprint density at radius 3 is 2.53 bits per heavy atom. The molecule has 2 amide bonds. The van der Waals surface area contributed by atoms with Crippen molar-refractivity contribution in [1.29, 1.82) is 0 Å². The van der Waals surface area contributed by atoms with Gasteiger partial charge in [-0.2, -0.15) is 0 Å². The normalized spacial score (nSPS) is 15.1. The average Bonchev–Trinajstić information content (AvgIpc) is 2.95. The smallest absolute Gasteiger partial charge is 0.246 e. The van der Waals surface area contributed by atoms with Crippen molar-refractivity contribution in [3.63, 3.8) is 0 Å². The fraction of sp³-hybridized carbons (Fsp3) is 0.800. The van der Waals surface area contributed by atoms with E-state index in [9.17, 15) is 9.59 Å². The molecule has 0 radical (unpaired) electrons. The second-order valence-corrected chi connectivity index (χ2v) is 3.98. The number of hydrogen-bond acceptors (Lipinski definition) is 3. The Bertz CT molecular complexity index is 237. The van der Waals surface area contributed by atoms with Gasteiger partial charge in [0, 0.05) is 6.04 Å². The first-order valence-corrected chi connectivity index (χ1v) is 5.25. The van der Waals surface area contributed by atoms with Gasteiger partial charge in [0.1, 0.15) is 6.61 Å². The van der Waals surface area contributed by atoms with Gasteiger partial charge in [0.25, 0.3) is 0 Å². The summed E-state index contributed by atoms with van der Waals surface area (Å²) in [6.07, 6.45) is 2.13. The van der Waals surface area contributed by atoms with Gasteiger partial charge in [0.2, 0.25) is 11.8 Å². The van der Waals surface area contributed by atoms with Crippen molar-refractivity contribution in [2.24, 2.45) is 0 Å². The Morgan fingerprint density at radius 1 is 1.33 bits per heavy atom. The van der Waals surface area contributed by atoms with E-state index in [-0.39, 0.29) is 31.1 Å². The Morgan fingerprint density at radius 2 is 2.00 bits per heavy atom. The summed E-state index contributed by atoms with van der Waals surface area (Å²) >= 11 is 0. The van der Waals surface area contributed by atoms with E-state index in [2.05, 4.69) is 10.6 Å². The first-order chi connectivity index (χ1) is 7.08. The molecule has 1 saturated carbocycles. The second kappa shape index (κ2) is 5.70. The van der Waals surface area contributed by atoms with Crippen LogP contribution in [-0.4, -0.2) is 37.1 Å². The third kappa shape index (κ3) is 6.06. The summed E-state index contributed by atoms with van der Waals surface area (Å²) in [5.41, 5.74) is 0. The number of rotatable bonds is 6. The van der Waals surface area contributed by atoms with Crippen LogP contribution in [0.25, 0.3) is 0 Å². The van der Waals surface area contributed by atoms with Crippen LogP contribution in [0.2, 0.25) is 0 Å². The molecule has 5 heteroatoms. The molecule has 0 saturated heterocycles. The summed E-state index contributed by atoms with van der Waals surface area (Å²) < 4.78 is 5.09. The minimum atomic E-state index is -0.255. The van der Waals surface area contributed by atoms with Gasteiger partial charge in [-0.15, -0.1) is 0 Å². The predicted octanol–water partition coefficient (Wildman–Crippen LogP) is -0.194. The Hall–Kier alpha value is -1.10. The van der Waals surface area contributed by atoms with E-state index >= 15 is 0 Å². The van der Waals surface area contributed by atoms with Crippen molar-refractivity contribution in [2.45, 2.75) is 38.8 Å². The van der Waals surface area contributed by atoms with Crippen molar-refractivity contribution >= 4 is 11.8 Å². The monoisotopic (exact) mass is 214 g/mol. The van der Waals surface area contributed by atoms with Gasteiger partial charge in [-0.3, -0.25) is 9.59 Å². The minimum absolute atomic E-state index is 0.00831. The predicted molar refractivity (Wildman–Crippen MR) is 55.3 cm³/mol. The van der Waals surface area contributed by atoms with Crippen molar-refractivity contribution < 1.29 is 14.3 Å². The summed E-state index contributed by atoms with van der Waals surface area (Å²) in [5.74, 6) is -0.384. The summed E-state index contributed by atoms with van der Waals surface area (Å²) in [5, 5.41) is 5.27. The van der Waals surface area contributed by atoms with E-state index in [1.807, 2.05) is 13.8 Å². The van der Waals surface area contributed by atoms with E-state index < -0.39 is 0 Å². The molecule has 0 bridgehead atoms. The molecular formula is C10H18N2O3. The average molecular weight is 214 g/mol. The zero-order chi connectivity index (χ0) is 11.3. The highest BCUT2D eigenvalue weighted by Crippen LogP contribution is 2.18. The molecule has 1 rings (SSSR count). The van der Waals surface area contributed by atoms with Gasteiger partial charge in [0.15, 0.2) is 0 Å². The molecule has 2 N–H and O–H groups in total. The van der Waals surface area contributed by atoms with E-state index in [4.69, 9.17) is 4.74 Å². The van der Waals surface area contributed by atoms with Crippen molar-refractivity contribution in [2.75, 3.05) is 13.2 Å². The molecule has 0 heterocycles. The zero-order valence-corrected chi connectivity index (χ0v) is 9.21. The van der Waals surface area contributed by atoms with Crippen LogP contribution >= 0.6 is 0 Å². The Balaban J connectivity index is 2.02. The summed E-state index contributed by atoms with van der Waals surface area (Å²) in [7, 11) is 0. The third-order valence-corrected chi connectivity index (χ3v) is 1.94. The Kier molecular flexibility index (Phi) is 4.55. The van der Waals surface area contributed by atoms with Crippen LogP contribution in [0, 0.1) is 0 Å². The molecule has 0 aromatic heterocycles. The van der Waals surface area contributed by atoms with Gasteiger partial charge in [0.05, 0.1) is 12.6 Å². The quantitative estimate of drug-likeness (QED) is 0.644. The van der Waals surface area contributed by atoms with Crippen molar-refractivity contribution in [3.8, 4) is 0 Å². The van der Waals surface area contributed by atoms with Crippen LogP contribution in [0.1, 0.15) is 26.7 Å². The molecule has 0 aromatic rings. The third-order valence-electron chi connectivity index (χ3n) is 1.94. The van der Waals surface area contributed by atoms with Gasteiger partial charge >= 0.3 is 0 Å². The maximum absolute atomic E-state index is 11.2. The summed E-state index contributed by atoms with van der Waals surface area (Å²) in [6.45, 7) is 3.76. The molecule has 1 aliphatic rings. The molecule has 15 heavy (non-hydrogen) atoms. The molecule has 0 aliphatic heterocycles. The number of amides is 2. The molecule has 86 valence electrons. The number of ether oxygens (including phenoxy) is 1. The second-order valence-electron chi connectivity index (χ2n) is 3.98. The molecule has 0 atom stereocenters. The van der Waals surface area contributed by atoms with Crippen molar-refractivity contribution in [1.82, 2.24) is 10.6 Å². The largest absolute Gasteiger partial charge is 0.369 e. The van der Waals surface area contributed by atoms with E-state index in [0.29, 0.717) is 6.04 Å². The van der Waals surface area contributed by atoms with E-state index in [1.54, 1.807) is 0 Å². The highest BCUT2D eigenvalue weighted by atomic mass is 16.5. The Labute approximate surface area is 89.6 Å². The fourth-order valence-corrected chi connectivity index (χ4v) is 0.979. The van der Waals surface area contributed by atoms with Crippen LogP contribution in [0.4, 0.5) is 0 Å². The molecular weight excluding hydrogens is 196 g/mol. The lowest BCUT2D eigenvalue weighted by Crippen LogP contribution is -2.39. The maximum atomic E-state index is 11.2. The first kappa shape index (κ1) is 12.0. The summed E-state index contributed by atoms with van der Waals surface area (Å²) in [4.78, 5) is 22.3. The van der Waals surface area contributed by atoms with Gasteiger partial charge in [-0.25, -0.2) is 0 Å². The van der Waals surface area contributed by atoms with Gasteiger partial charge < -0.3 is 15.4 Å². The number of carbonyl (C=O) groups is 2. The highest BCUT2D eigenvalue weighted by Gasteiger charge is 2.23. The molecule has 0 aromatic carbocycles. The SMILES string of the molecule is CC(C)OCC(=O)NCC(=O)NC1CC1. The van der Waals surface area contributed by atoms with E-state index in [1.165, 1.54) is 0 Å². The highest BCUT2D eigenvalue weighted by molar-refractivity contribution is 5.85. The molecule has 0 unspecified atom stereocenters. The first-order valence-electron chi connectivity index (χ1n) is 5.25. The fourth-order valence-electron chi connectivity index (χ4n) is 0.979. The lowest BCUT2D eigenvalue weighted by atomic mass is 10.4. The van der Waals surface area contributed by atoms with Crippen LogP contribution in [0.3, 0.4) is 0 Å². The topological polar surface area (TPSA) is 67.4 Å². The van der Waals surface area contributed by atoms with Crippen molar-refractivity contribution in [3.05, 3.63) is 0 Å². The molecule has 0 spiro atoms. The van der Waals surface area contributed by atoms with E-state index in [0.717, 1.165) is 12.8 Å². The molecule has 1 fully saturated rings. The maximum Gasteiger partial charge on any atom is 0.246 e. The van der Waals surface area contributed by atoms with Crippen LogP contribution < -0.4 is 10.6 Å². The number of carbonyl (C=O) groups excluding carboxylic acids is 2. The summed E-state index contributed by atoms with van der Waals surface area (Å²) in [6, 6.07) is 0.335. The number of nitrogens with one attached hydrogen (secondary N) is 2. The van der Waals surface area contributed by atoms with Crippen LogP contribution in [0.15, 0.2) is 0 Å². The van der Waals surface area contributed by atoms with Gasteiger partial charge in [-0.05, 0) is 26.7 Å².